The molecule has 0 unspecified atom stereocenters. The third-order valence-corrected chi connectivity index (χ3v) is 5.02. The molecule has 1 aliphatic rings. The van der Waals surface area contributed by atoms with Gasteiger partial charge in [-0.2, -0.15) is 5.10 Å². The molecule has 0 aliphatic carbocycles. The van der Waals surface area contributed by atoms with Crippen LogP contribution in [0.25, 0.3) is 11.0 Å². The normalized spacial score (nSPS) is 16.5. The Balaban J connectivity index is 1.49. The maximum Gasteiger partial charge on any atom is 0.191 e. The van der Waals surface area contributed by atoms with Crippen molar-refractivity contribution in [2.24, 2.45) is 12.0 Å². The minimum atomic E-state index is 0.496. The molecule has 28 heavy (non-hydrogen) atoms. The Morgan fingerprint density at radius 1 is 1.25 bits per heavy atom. The molecule has 1 fully saturated rings. The predicted octanol–water partition coefficient (Wildman–Crippen LogP) is 1.20. The van der Waals surface area contributed by atoms with Gasteiger partial charge in [-0.05, 0) is 32.7 Å². The fourth-order valence-electron chi connectivity index (χ4n) is 3.58. The number of aryl methyl sites for hydroxylation is 1. The van der Waals surface area contributed by atoms with E-state index in [4.69, 9.17) is 4.99 Å². The van der Waals surface area contributed by atoms with Crippen molar-refractivity contribution in [2.75, 3.05) is 44.6 Å². The van der Waals surface area contributed by atoms with Crippen molar-refractivity contribution in [2.45, 2.75) is 39.2 Å². The molecule has 0 bridgehead atoms. The zero-order valence-electron chi connectivity index (χ0n) is 17.3. The summed E-state index contributed by atoms with van der Waals surface area (Å²) in [7, 11) is 1.88. The zero-order valence-corrected chi connectivity index (χ0v) is 17.3. The summed E-state index contributed by atoms with van der Waals surface area (Å²) in [5.41, 5.74) is 0.824. The van der Waals surface area contributed by atoms with E-state index < -0.39 is 0 Å². The molecule has 9 heteroatoms. The molecule has 0 aromatic carbocycles. The van der Waals surface area contributed by atoms with Gasteiger partial charge in [0.25, 0.3) is 0 Å². The van der Waals surface area contributed by atoms with Crippen LogP contribution in [-0.4, -0.2) is 75.9 Å². The van der Waals surface area contributed by atoms with Gasteiger partial charge in [-0.1, -0.05) is 6.92 Å². The van der Waals surface area contributed by atoms with Crippen LogP contribution in [0.3, 0.4) is 0 Å². The number of aliphatic imine (C=N–C) groups is 1. The van der Waals surface area contributed by atoms with Crippen LogP contribution in [0.5, 0.6) is 0 Å². The van der Waals surface area contributed by atoms with Crippen LogP contribution >= 0.6 is 0 Å². The van der Waals surface area contributed by atoms with E-state index in [9.17, 15) is 0 Å². The van der Waals surface area contributed by atoms with Crippen LogP contribution in [0.15, 0.2) is 17.5 Å². The summed E-state index contributed by atoms with van der Waals surface area (Å²) in [5.74, 6) is 1.70. The van der Waals surface area contributed by atoms with Gasteiger partial charge in [-0.15, -0.1) is 0 Å². The van der Waals surface area contributed by atoms with E-state index in [1.807, 2.05) is 7.05 Å². The van der Waals surface area contributed by atoms with Crippen molar-refractivity contribution < 1.29 is 0 Å². The fraction of sp³-hybridized carbons (Fsp3) is 0.684. The number of aromatic nitrogens is 4. The number of anilines is 1. The molecular formula is C19H33N9. The molecule has 0 saturated carbocycles. The Morgan fingerprint density at radius 3 is 2.82 bits per heavy atom. The van der Waals surface area contributed by atoms with Gasteiger partial charge in [-0.3, -0.25) is 9.67 Å². The SMILES string of the molecule is CCCN1CCC(NC(=NCCNc2ncnc3c2cnn3C)NCC)CC1. The molecule has 1 saturated heterocycles. The van der Waals surface area contributed by atoms with E-state index in [1.54, 1.807) is 17.2 Å². The van der Waals surface area contributed by atoms with Crippen LogP contribution in [0.1, 0.15) is 33.1 Å². The largest absolute Gasteiger partial charge is 0.367 e. The summed E-state index contributed by atoms with van der Waals surface area (Å²) < 4.78 is 1.75. The number of piperidine rings is 1. The van der Waals surface area contributed by atoms with Gasteiger partial charge < -0.3 is 20.9 Å². The lowest BCUT2D eigenvalue weighted by atomic mass is 10.1. The van der Waals surface area contributed by atoms with E-state index in [1.165, 1.54) is 38.9 Å². The minimum absolute atomic E-state index is 0.496. The highest BCUT2D eigenvalue weighted by molar-refractivity contribution is 5.86. The van der Waals surface area contributed by atoms with Gasteiger partial charge in [0.1, 0.15) is 12.1 Å². The Labute approximate surface area is 167 Å². The molecule has 9 nitrogen and oxygen atoms in total. The Bertz CT molecular complexity index is 762. The number of rotatable bonds is 8. The molecule has 0 radical (unpaired) electrons. The van der Waals surface area contributed by atoms with Crippen molar-refractivity contribution in [1.82, 2.24) is 35.3 Å². The molecule has 154 valence electrons. The summed E-state index contributed by atoms with van der Waals surface area (Å²) in [5, 5.41) is 15.5. The fourth-order valence-corrected chi connectivity index (χ4v) is 3.58. The lowest BCUT2D eigenvalue weighted by Gasteiger charge is -2.32. The highest BCUT2D eigenvalue weighted by Crippen LogP contribution is 2.17. The number of fused-ring (bicyclic) bond motifs is 1. The highest BCUT2D eigenvalue weighted by atomic mass is 15.3. The monoisotopic (exact) mass is 387 g/mol. The standard InChI is InChI=1S/C19H33N9/c1-4-10-28-11-6-15(7-12-28)26-19(20-5-2)22-9-8-21-17-16-13-25-27(3)18(16)24-14-23-17/h13-15H,4-12H2,1-3H3,(H2,20,22,26)(H,21,23,24). The first-order valence-electron chi connectivity index (χ1n) is 10.3. The van der Waals surface area contributed by atoms with Crippen LogP contribution in [0.2, 0.25) is 0 Å². The second kappa shape index (κ2) is 10.2. The number of nitrogens with zero attached hydrogens (tertiary/aromatic N) is 6. The van der Waals surface area contributed by atoms with Gasteiger partial charge in [0.05, 0.1) is 18.1 Å². The average Bonchev–Trinajstić information content (AvgIpc) is 3.09. The van der Waals surface area contributed by atoms with Gasteiger partial charge in [0, 0.05) is 39.3 Å². The maximum atomic E-state index is 4.72. The van der Waals surface area contributed by atoms with Crippen LogP contribution in [0.4, 0.5) is 5.82 Å². The van der Waals surface area contributed by atoms with E-state index in [-0.39, 0.29) is 0 Å². The molecule has 1 aliphatic heterocycles. The molecule has 0 spiro atoms. The number of nitrogens with one attached hydrogen (secondary N) is 3. The summed E-state index contributed by atoms with van der Waals surface area (Å²) in [6.07, 6.45) is 6.92. The highest BCUT2D eigenvalue weighted by Gasteiger charge is 2.19. The number of hydrogen-bond acceptors (Lipinski definition) is 6. The zero-order chi connectivity index (χ0) is 19.8. The number of likely N-dealkylation sites (tertiary alicyclic amines) is 1. The smallest absolute Gasteiger partial charge is 0.191 e. The minimum Gasteiger partial charge on any atom is -0.367 e. The molecule has 3 rings (SSSR count). The van der Waals surface area contributed by atoms with Crippen molar-refractivity contribution in [3.63, 3.8) is 0 Å². The van der Waals surface area contributed by atoms with Gasteiger partial charge in [0.2, 0.25) is 0 Å². The first-order valence-corrected chi connectivity index (χ1v) is 10.3. The Kier molecular flexibility index (Phi) is 7.41. The summed E-state index contributed by atoms with van der Waals surface area (Å²) >= 11 is 0. The third kappa shape index (κ3) is 5.31. The van der Waals surface area contributed by atoms with E-state index in [2.05, 4.69) is 49.8 Å². The number of hydrogen-bond donors (Lipinski definition) is 3. The summed E-state index contributed by atoms with van der Waals surface area (Å²) in [6.45, 7) is 10.1. The second-order valence-corrected chi connectivity index (χ2v) is 7.18. The molecule has 3 N–H and O–H groups in total. The van der Waals surface area contributed by atoms with Crippen LogP contribution < -0.4 is 16.0 Å². The third-order valence-electron chi connectivity index (χ3n) is 5.02. The van der Waals surface area contributed by atoms with E-state index in [0.717, 1.165) is 29.4 Å². The molecule has 2 aromatic heterocycles. The molecule has 3 heterocycles. The van der Waals surface area contributed by atoms with Gasteiger partial charge >= 0.3 is 0 Å². The average molecular weight is 388 g/mol. The summed E-state index contributed by atoms with van der Waals surface area (Å²) in [6, 6.07) is 0.496. The summed E-state index contributed by atoms with van der Waals surface area (Å²) in [4.78, 5) is 15.9. The maximum absolute atomic E-state index is 4.72. The van der Waals surface area contributed by atoms with E-state index in [0.29, 0.717) is 19.1 Å². The lowest BCUT2D eigenvalue weighted by molar-refractivity contribution is 0.206. The van der Waals surface area contributed by atoms with Crippen molar-refractivity contribution in [3.05, 3.63) is 12.5 Å². The molecular weight excluding hydrogens is 354 g/mol. The molecule has 2 aromatic rings. The van der Waals surface area contributed by atoms with Crippen LogP contribution in [0, 0.1) is 0 Å². The van der Waals surface area contributed by atoms with Gasteiger partial charge in [-0.25, -0.2) is 9.97 Å². The molecule has 0 amide bonds. The number of guanidine groups is 1. The second-order valence-electron chi connectivity index (χ2n) is 7.18. The van der Waals surface area contributed by atoms with E-state index >= 15 is 0 Å². The molecule has 0 atom stereocenters. The van der Waals surface area contributed by atoms with Crippen molar-refractivity contribution in [3.8, 4) is 0 Å². The van der Waals surface area contributed by atoms with Gasteiger partial charge in [0.15, 0.2) is 11.6 Å². The first-order chi connectivity index (χ1) is 13.7. The topological polar surface area (TPSA) is 95.3 Å². The first kappa shape index (κ1) is 20.3. The van der Waals surface area contributed by atoms with Crippen LogP contribution in [-0.2, 0) is 7.05 Å². The Hall–Kier alpha value is -2.42. The van der Waals surface area contributed by atoms with Crippen molar-refractivity contribution in [1.29, 1.82) is 0 Å². The quantitative estimate of drug-likeness (QED) is 0.356. The Morgan fingerprint density at radius 2 is 2.07 bits per heavy atom. The lowest BCUT2D eigenvalue weighted by Crippen LogP contribution is -2.48. The van der Waals surface area contributed by atoms with Crippen molar-refractivity contribution >= 4 is 22.8 Å². The predicted molar refractivity (Wildman–Crippen MR) is 114 cm³/mol.